The molecule has 0 radical (unpaired) electrons. The van der Waals surface area contributed by atoms with Gasteiger partial charge in [0.05, 0.1) is 5.60 Å². The zero-order valence-corrected chi connectivity index (χ0v) is 8.84. The monoisotopic (exact) mass is 192 g/mol. The molecule has 0 amide bonds. The first-order chi connectivity index (χ1) is 6.63. The summed E-state index contributed by atoms with van der Waals surface area (Å²) in [7, 11) is 0. The zero-order valence-electron chi connectivity index (χ0n) is 8.84. The number of hydrogen-bond acceptors (Lipinski definition) is 1. The summed E-state index contributed by atoms with van der Waals surface area (Å²) in [4.78, 5) is 0. The highest BCUT2D eigenvalue weighted by Gasteiger charge is 2.56. The van der Waals surface area contributed by atoms with Gasteiger partial charge in [0.1, 0.15) is 0 Å². The predicted octanol–water partition coefficient (Wildman–Crippen LogP) is 2.89. The minimum atomic E-state index is -0.285. The van der Waals surface area contributed by atoms with Gasteiger partial charge in [0.15, 0.2) is 0 Å². The maximum Gasteiger partial charge on any atom is 0.0658 e. The van der Waals surface area contributed by atoms with Crippen molar-refractivity contribution in [1.82, 2.24) is 0 Å². The van der Waals surface area contributed by atoms with E-state index in [1.165, 1.54) is 19.3 Å². The van der Waals surface area contributed by atoms with E-state index in [4.69, 9.17) is 0 Å². The van der Waals surface area contributed by atoms with Gasteiger partial charge in [-0.3, -0.25) is 0 Å². The Bertz CT molecular complexity index is 254. The molecule has 4 bridgehead atoms. The summed E-state index contributed by atoms with van der Waals surface area (Å²) in [6.45, 7) is 3.88. The first-order valence-corrected chi connectivity index (χ1v) is 5.96. The smallest absolute Gasteiger partial charge is 0.0658 e. The molecule has 78 valence electrons. The molecule has 0 spiro atoms. The Morgan fingerprint density at radius 3 is 2.36 bits per heavy atom. The molecule has 14 heavy (non-hydrogen) atoms. The van der Waals surface area contributed by atoms with Crippen LogP contribution in [0.15, 0.2) is 12.7 Å². The molecule has 4 rings (SSSR count). The van der Waals surface area contributed by atoms with Gasteiger partial charge in [-0.05, 0) is 62.2 Å². The Morgan fingerprint density at radius 1 is 1.21 bits per heavy atom. The van der Waals surface area contributed by atoms with Gasteiger partial charge in [-0.2, -0.15) is 0 Å². The molecule has 4 aliphatic rings. The van der Waals surface area contributed by atoms with Crippen LogP contribution in [0.1, 0.15) is 44.9 Å². The fourth-order valence-corrected chi connectivity index (χ4v) is 4.95. The number of hydrogen-bond donors (Lipinski definition) is 1. The SMILES string of the molecule is C=CCC12CC3CC(CC(O)(C3)C1)C2. The van der Waals surface area contributed by atoms with Crippen LogP contribution in [0.25, 0.3) is 0 Å². The third kappa shape index (κ3) is 1.18. The Balaban J connectivity index is 1.92. The van der Waals surface area contributed by atoms with E-state index in [0.29, 0.717) is 5.41 Å². The molecule has 0 aromatic heterocycles. The van der Waals surface area contributed by atoms with Gasteiger partial charge in [-0.1, -0.05) is 6.08 Å². The average molecular weight is 192 g/mol. The molecule has 1 nitrogen and oxygen atoms in total. The maximum absolute atomic E-state index is 10.5. The molecule has 1 heteroatoms. The third-order valence-corrected chi connectivity index (χ3v) is 4.73. The Labute approximate surface area is 86.2 Å². The molecule has 2 unspecified atom stereocenters. The lowest BCUT2D eigenvalue weighted by atomic mass is 9.47. The van der Waals surface area contributed by atoms with E-state index >= 15 is 0 Å². The van der Waals surface area contributed by atoms with E-state index in [9.17, 15) is 5.11 Å². The van der Waals surface area contributed by atoms with E-state index < -0.39 is 0 Å². The van der Waals surface area contributed by atoms with Gasteiger partial charge in [0, 0.05) is 0 Å². The molecule has 4 fully saturated rings. The maximum atomic E-state index is 10.5. The van der Waals surface area contributed by atoms with Crippen LogP contribution in [0.2, 0.25) is 0 Å². The predicted molar refractivity (Wildman–Crippen MR) is 56.9 cm³/mol. The van der Waals surface area contributed by atoms with Crippen LogP contribution in [0.3, 0.4) is 0 Å². The Hall–Kier alpha value is -0.300. The second-order valence-corrected chi connectivity index (χ2v) is 6.18. The normalized spacial score (nSPS) is 54.9. The summed E-state index contributed by atoms with van der Waals surface area (Å²) in [6, 6.07) is 0. The van der Waals surface area contributed by atoms with E-state index in [1.807, 2.05) is 0 Å². The highest BCUT2D eigenvalue weighted by atomic mass is 16.3. The molecule has 0 saturated heterocycles. The summed E-state index contributed by atoms with van der Waals surface area (Å²) in [5.41, 5.74) is 0.160. The van der Waals surface area contributed by atoms with Crippen molar-refractivity contribution in [1.29, 1.82) is 0 Å². The van der Waals surface area contributed by atoms with Crippen molar-refractivity contribution in [3.05, 3.63) is 12.7 Å². The second-order valence-electron chi connectivity index (χ2n) is 6.18. The van der Waals surface area contributed by atoms with E-state index in [1.54, 1.807) is 0 Å². The lowest BCUT2D eigenvalue weighted by molar-refractivity contribution is -0.162. The van der Waals surface area contributed by atoms with Gasteiger partial charge in [0.2, 0.25) is 0 Å². The molecular weight excluding hydrogens is 172 g/mol. The summed E-state index contributed by atoms with van der Waals surface area (Å²) in [5.74, 6) is 1.64. The number of rotatable bonds is 2. The Morgan fingerprint density at radius 2 is 1.86 bits per heavy atom. The fraction of sp³-hybridized carbons (Fsp3) is 0.846. The molecule has 2 atom stereocenters. The quantitative estimate of drug-likeness (QED) is 0.667. The Kier molecular flexibility index (Phi) is 1.69. The largest absolute Gasteiger partial charge is 0.390 e. The minimum absolute atomic E-state index is 0.285. The van der Waals surface area contributed by atoms with Crippen LogP contribution in [0, 0.1) is 17.3 Å². The van der Waals surface area contributed by atoms with Crippen molar-refractivity contribution in [2.75, 3.05) is 0 Å². The van der Waals surface area contributed by atoms with Gasteiger partial charge < -0.3 is 5.11 Å². The molecule has 4 saturated carbocycles. The van der Waals surface area contributed by atoms with Crippen molar-refractivity contribution in [2.24, 2.45) is 17.3 Å². The van der Waals surface area contributed by atoms with Crippen LogP contribution in [-0.4, -0.2) is 10.7 Å². The molecule has 0 aliphatic heterocycles. The van der Waals surface area contributed by atoms with Crippen molar-refractivity contribution >= 4 is 0 Å². The summed E-state index contributed by atoms with van der Waals surface area (Å²) in [5, 5.41) is 10.5. The van der Waals surface area contributed by atoms with Crippen LogP contribution in [-0.2, 0) is 0 Å². The molecule has 0 aromatic carbocycles. The molecule has 4 aliphatic carbocycles. The highest BCUT2D eigenvalue weighted by Crippen LogP contribution is 2.62. The second kappa shape index (κ2) is 2.63. The van der Waals surface area contributed by atoms with Crippen molar-refractivity contribution in [2.45, 2.75) is 50.5 Å². The zero-order chi connectivity index (χ0) is 9.81. The molecule has 0 heterocycles. The lowest BCUT2D eigenvalue weighted by Gasteiger charge is -2.60. The van der Waals surface area contributed by atoms with Gasteiger partial charge >= 0.3 is 0 Å². The first-order valence-electron chi connectivity index (χ1n) is 5.96. The van der Waals surface area contributed by atoms with Gasteiger partial charge in [0.25, 0.3) is 0 Å². The van der Waals surface area contributed by atoms with E-state index in [2.05, 4.69) is 12.7 Å². The van der Waals surface area contributed by atoms with Gasteiger partial charge in [-0.15, -0.1) is 6.58 Å². The van der Waals surface area contributed by atoms with E-state index in [-0.39, 0.29) is 5.60 Å². The highest BCUT2D eigenvalue weighted by molar-refractivity contribution is 5.09. The standard InChI is InChI=1S/C13H20O/c1-2-3-12-5-10-4-11(6-12)8-13(14,7-10)9-12/h2,10-11,14H,1,3-9H2. The average Bonchev–Trinajstić information content (AvgIpc) is 1.97. The van der Waals surface area contributed by atoms with Crippen LogP contribution in [0.5, 0.6) is 0 Å². The summed E-state index contributed by atoms with van der Waals surface area (Å²) < 4.78 is 0. The molecule has 0 aromatic rings. The number of allylic oxidation sites excluding steroid dienone is 1. The van der Waals surface area contributed by atoms with Crippen molar-refractivity contribution in [3.8, 4) is 0 Å². The fourth-order valence-electron chi connectivity index (χ4n) is 4.95. The summed E-state index contributed by atoms with van der Waals surface area (Å²) >= 11 is 0. The minimum Gasteiger partial charge on any atom is -0.390 e. The van der Waals surface area contributed by atoms with E-state index in [0.717, 1.165) is 37.5 Å². The van der Waals surface area contributed by atoms with Crippen molar-refractivity contribution < 1.29 is 5.11 Å². The van der Waals surface area contributed by atoms with Crippen LogP contribution in [0.4, 0.5) is 0 Å². The summed E-state index contributed by atoms with van der Waals surface area (Å²) in [6.07, 6.45) is 10.5. The molecule has 1 N–H and O–H groups in total. The topological polar surface area (TPSA) is 20.2 Å². The van der Waals surface area contributed by atoms with Gasteiger partial charge in [-0.25, -0.2) is 0 Å². The number of aliphatic hydroxyl groups is 1. The lowest BCUT2D eigenvalue weighted by Crippen LogP contribution is -2.55. The third-order valence-electron chi connectivity index (χ3n) is 4.73. The van der Waals surface area contributed by atoms with Crippen LogP contribution >= 0.6 is 0 Å². The van der Waals surface area contributed by atoms with Crippen molar-refractivity contribution in [3.63, 3.8) is 0 Å². The van der Waals surface area contributed by atoms with Crippen LogP contribution < -0.4 is 0 Å². The molecular formula is C13H20O. The first kappa shape index (κ1) is 8.96.